The number of hydrogen-bond acceptors (Lipinski definition) is 5. The summed E-state index contributed by atoms with van der Waals surface area (Å²) in [6.07, 6.45) is 0.929. The second kappa shape index (κ2) is 5.27. The van der Waals surface area contributed by atoms with E-state index in [1.807, 2.05) is 24.3 Å². The van der Waals surface area contributed by atoms with Gasteiger partial charge in [0.2, 0.25) is 11.6 Å². The summed E-state index contributed by atoms with van der Waals surface area (Å²) in [6.45, 7) is 1.66. The second-order valence-electron chi connectivity index (χ2n) is 4.57. The van der Waals surface area contributed by atoms with Gasteiger partial charge >= 0.3 is 0 Å². The van der Waals surface area contributed by atoms with E-state index < -0.39 is 6.10 Å². The zero-order valence-electron chi connectivity index (χ0n) is 11.3. The number of hydrogen-bond donors (Lipinski definition) is 1. The third-order valence-corrected chi connectivity index (χ3v) is 3.10. The van der Waals surface area contributed by atoms with Gasteiger partial charge in [0.15, 0.2) is 5.75 Å². The predicted molar refractivity (Wildman–Crippen MR) is 75.9 cm³/mol. The van der Waals surface area contributed by atoms with Crippen LogP contribution in [0, 0.1) is 11.3 Å². The molecular weight excluding hydrogens is 268 g/mol. The summed E-state index contributed by atoms with van der Waals surface area (Å²) in [5.41, 5.74) is 1.27. The third-order valence-electron chi connectivity index (χ3n) is 3.10. The first-order valence-electron chi connectivity index (χ1n) is 6.42. The standard InChI is InChI=1S/C16H12N2O3/c1-10(19)11-6-7-18-15(8-11)21-16-12-4-2-3-5-13(12)20-14(16)9-17/h2-8,10,19H,1H3/t10-/m1/s1. The minimum absolute atomic E-state index is 0.0976. The number of benzene rings is 1. The summed E-state index contributed by atoms with van der Waals surface area (Å²) in [5.74, 6) is 0.736. The molecule has 3 aromatic rings. The normalized spacial score (nSPS) is 12.0. The molecule has 0 bridgehead atoms. The number of ether oxygens (including phenoxy) is 1. The average molecular weight is 280 g/mol. The number of fused-ring (bicyclic) bond motifs is 1. The van der Waals surface area contributed by atoms with Crippen molar-refractivity contribution in [1.82, 2.24) is 4.98 Å². The minimum Gasteiger partial charge on any atom is -0.442 e. The molecule has 0 amide bonds. The first-order chi connectivity index (χ1) is 10.2. The molecule has 1 aromatic carbocycles. The summed E-state index contributed by atoms with van der Waals surface area (Å²) in [6, 6.07) is 12.6. The monoisotopic (exact) mass is 280 g/mol. The van der Waals surface area contributed by atoms with Crippen LogP contribution >= 0.6 is 0 Å². The Kier molecular flexibility index (Phi) is 3.30. The SMILES string of the molecule is C[C@@H](O)c1ccnc(Oc2c(C#N)oc3ccccc23)c1. The van der Waals surface area contributed by atoms with Crippen LogP contribution in [0.3, 0.4) is 0 Å². The molecule has 3 rings (SSSR count). The first-order valence-corrected chi connectivity index (χ1v) is 6.42. The molecule has 0 unspecified atom stereocenters. The number of aliphatic hydroxyl groups excluding tert-OH is 1. The summed E-state index contributed by atoms with van der Waals surface area (Å²) < 4.78 is 11.1. The Balaban J connectivity index is 2.06. The highest BCUT2D eigenvalue weighted by Gasteiger charge is 2.16. The van der Waals surface area contributed by atoms with Crippen LogP contribution in [-0.4, -0.2) is 10.1 Å². The topological polar surface area (TPSA) is 79.3 Å². The molecular formula is C16H12N2O3. The zero-order valence-corrected chi connectivity index (χ0v) is 11.3. The molecule has 1 atom stereocenters. The Bertz CT molecular complexity index is 831. The van der Waals surface area contributed by atoms with Gasteiger partial charge in [-0.25, -0.2) is 4.98 Å². The highest BCUT2D eigenvalue weighted by atomic mass is 16.5. The summed E-state index contributed by atoms with van der Waals surface area (Å²) in [5, 5.41) is 19.5. The fraction of sp³-hybridized carbons (Fsp3) is 0.125. The fourth-order valence-electron chi connectivity index (χ4n) is 2.04. The van der Waals surface area contributed by atoms with Gasteiger partial charge in [-0.15, -0.1) is 0 Å². The Labute approximate surface area is 121 Å². The zero-order chi connectivity index (χ0) is 14.8. The van der Waals surface area contributed by atoms with E-state index in [1.54, 1.807) is 31.3 Å². The third kappa shape index (κ3) is 2.45. The van der Waals surface area contributed by atoms with Crippen molar-refractivity contribution in [2.75, 3.05) is 0 Å². The highest BCUT2D eigenvalue weighted by molar-refractivity contribution is 5.86. The van der Waals surface area contributed by atoms with Crippen LogP contribution in [0.2, 0.25) is 0 Å². The number of furan rings is 1. The van der Waals surface area contributed by atoms with Crippen LogP contribution in [-0.2, 0) is 0 Å². The summed E-state index contributed by atoms with van der Waals surface area (Å²) in [4.78, 5) is 4.09. The molecule has 5 heteroatoms. The van der Waals surface area contributed by atoms with Crippen molar-refractivity contribution in [3.63, 3.8) is 0 Å². The van der Waals surface area contributed by atoms with E-state index in [9.17, 15) is 5.11 Å². The average Bonchev–Trinajstić information content (AvgIpc) is 2.86. The fourth-order valence-corrected chi connectivity index (χ4v) is 2.04. The van der Waals surface area contributed by atoms with Gasteiger partial charge in [0.25, 0.3) is 0 Å². The van der Waals surface area contributed by atoms with Crippen molar-refractivity contribution in [2.45, 2.75) is 13.0 Å². The van der Waals surface area contributed by atoms with Crippen LogP contribution in [0.1, 0.15) is 24.4 Å². The van der Waals surface area contributed by atoms with E-state index in [0.717, 1.165) is 0 Å². The van der Waals surface area contributed by atoms with Crippen LogP contribution in [0.5, 0.6) is 11.6 Å². The van der Waals surface area contributed by atoms with Crippen molar-refractivity contribution < 1.29 is 14.3 Å². The largest absolute Gasteiger partial charge is 0.442 e. The quantitative estimate of drug-likeness (QED) is 0.793. The van der Waals surface area contributed by atoms with Gasteiger partial charge in [-0.1, -0.05) is 12.1 Å². The smallest absolute Gasteiger partial charge is 0.247 e. The molecule has 1 N–H and O–H groups in total. The molecule has 2 aromatic heterocycles. The van der Waals surface area contributed by atoms with Gasteiger partial charge in [0, 0.05) is 12.3 Å². The van der Waals surface area contributed by atoms with E-state index in [-0.39, 0.29) is 5.76 Å². The molecule has 0 aliphatic rings. The highest BCUT2D eigenvalue weighted by Crippen LogP contribution is 2.35. The molecule has 0 saturated carbocycles. The number of para-hydroxylation sites is 1. The maximum atomic E-state index is 9.59. The van der Waals surface area contributed by atoms with Crippen molar-refractivity contribution in [3.8, 4) is 17.7 Å². The van der Waals surface area contributed by atoms with Crippen LogP contribution in [0.15, 0.2) is 47.0 Å². The number of nitrogens with zero attached hydrogens (tertiary/aromatic N) is 2. The molecule has 5 nitrogen and oxygen atoms in total. The van der Waals surface area contributed by atoms with Gasteiger partial charge in [-0.3, -0.25) is 0 Å². The number of rotatable bonds is 3. The summed E-state index contributed by atoms with van der Waals surface area (Å²) >= 11 is 0. The maximum absolute atomic E-state index is 9.59. The molecule has 0 aliphatic carbocycles. The van der Waals surface area contributed by atoms with Crippen molar-refractivity contribution in [3.05, 3.63) is 53.9 Å². The van der Waals surface area contributed by atoms with Crippen molar-refractivity contribution in [1.29, 1.82) is 5.26 Å². The molecule has 0 saturated heterocycles. The minimum atomic E-state index is -0.619. The number of aliphatic hydroxyl groups is 1. The summed E-state index contributed by atoms with van der Waals surface area (Å²) in [7, 11) is 0. The van der Waals surface area contributed by atoms with Gasteiger partial charge in [0.1, 0.15) is 11.7 Å². The lowest BCUT2D eigenvalue weighted by molar-refractivity contribution is 0.198. The first kappa shape index (κ1) is 13.2. The van der Waals surface area contributed by atoms with Gasteiger partial charge in [0.05, 0.1) is 11.5 Å². The Morgan fingerprint density at radius 3 is 2.90 bits per heavy atom. The molecule has 2 heterocycles. The molecule has 104 valence electrons. The molecule has 0 radical (unpaired) electrons. The molecule has 21 heavy (non-hydrogen) atoms. The second-order valence-corrected chi connectivity index (χ2v) is 4.57. The molecule has 0 fully saturated rings. The predicted octanol–water partition coefficient (Wildman–Crippen LogP) is 3.55. The maximum Gasteiger partial charge on any atom is 0.247 e. The van der Waals surface area contributed by atoms with Gasteiger partial charge in [-0.2, -0.15) is 5.26 Å². The lowest BCUT2D eigenvalue weighted by atomic mass is 10.2. The number of aromatic nitrogens is 1. The lowest BCUT2D eigenvalue weighted by Gasteiger charge is -2.07. The van der Waals surface area contributed by atoms with Gasteiger partial charge in [-0.05, 0) is 30.7 Å². The van der Waals surface area contributed by atoms with Crippen LogP contribution in [0.4, 0.5) is 0 Å². The molecule has 0 spiro atoms. The van der Waals surface area contributed by atoms with E-state index >= 15 is 0 Å². The van der Waals surface area contributed by atoms with E-state index in [2.05, 4.69) is 4.98 Å². The van der Waals surface area contributed by atoms with Crippen LogP contribution in [0.25, 0.3) is 11.0 Å². The van der Waals surface area contributed by atoms with Gasteiger partial charge < -0.3 is 14.3 Å². The Morgan fingerprint density at radius 1 is 1.33 bits per heavy atom. The molecule has 0 aliphatic heterocycles. The van der Waals surface area contributed by atoms with E-state index in [1.165, 1.54) is 0 Å². The number of pyridine rings is 1. The van der Waals surface area contributed by atoms with E-state index in [4.69, 9.17) is 14.4 Å². The van der Waals surface area contributed by atoms with Crippen molar-refractivity contribution in [2.24, 2.45) is 0 Å². The van der Waals surface area contributed by atoms with Crippen LogP contribution < -0.4 is 4.74 Å². The number of nitriles is 1. The lowest BCUT2D eigenvalue weighted by Crippen LogP contribution is -1.94. The van der Waals surface area contributed by atoms with E-state index in [0.29, 0.717) is 28.2 Å². The van der Waals surface area contributed by atoms with Crippen molar-refractivity contribution >= 4 is 11.0 Å². The Morgan fingerprint density at radius 2 is 2.14 bits per heavy atom. The Hall–Kier alpha value is -2.84.